The van der Waals surface area contributed by atoms with Gasteiger partial charge in [0, 0.05) is 36.3 Å². The van der Waals surface area contributed by atoms with Crippen molar-refractivity contribution in [1.82, 2.24) is 0 Å². The zero-order valence-corrected chi connectivity index (χ0v) is 16.3. The fraction of sp³-hybridized carbons (Fsp3) is 0.500. The van der Waals surface area contributed by atoms with Crippen molar-refractivity contribution in [3.05, 3.63) is 48.0 Å². The third kappa shape index (κ3) is 2.37. The van der Waals surface area contributed by atoms with E-state index in [9.17, 15) is 14.4 Å². The topological polar surface area (TPSA) is 92.0 Å². The lowest BCUT2D eigenvalue weighted by molar-refractivity contribution is -0.214. The molecule has 0 radical (unpaired) electrons. The van der Waals surface area contributed by atoms with Gasteiger partial charge in [0.15, 0.2) is 0 Å². The largest absolute Gasteiger partial charge is 0.472 e. The van der Waals surface area contributed by atoms with Crippen molar-refractivity contribution in [2.75, 3.05) is 6.61 Å². The van der Waals surface area contributed by atoms with Crippen LogP contribution in [0.4, 0.5) is 0 Å². The first kappa shape index (κ1) is 18.4. The second kappa shape index (κ2) is 6.16. The van der Waals surface area contributed by atoms with Crippen molar-refractivity contribution in [2.45, 2.75) is 39.1 Å². The predicted octanol–water partition coefficient (Wildman–Crippen LogP) is 2.88. The number of ketones is 1. The summed E-state index contributed by atoms with van der Waals surface area (Å²) in [5.41, 5.74) is -0.208. The predicted molar refractivity (Wildman–Crippen MR) is 98.0 cm³/mol. The Morgan fingerprint density at radius 3 is 2.86 bits per heavy atom. The standard InChI is InChI=1S/C22H22O7/c1-12-16(24)8-21-11-27-19(25)15(21)4-3-5-18(21)22(12)9-17(14-6-7-26-10-14)29-20(22)28-13(2)23/h3-7,10,12,17-18,20H,8-9,11H2,1-2H3. The van der Waals surface area contributed by atoms with Gasteiger partial charge in [-0.25, -0.2) is 4.79 Å². The van der Waals surface area contributed by atoms with Crippen LogP contribution >= 0.6 is 0 Å². The van der Waals surface area contributed by atoms with Crippen LogP contribution in [0.15, 0.2) is 46.8 Å². The normalized spacial score (nSPS) is 40.4. The number of carbonyl (C=O) groups excluding carboxylic acids is 3. The van der Waals surface area contributed by atoms with Gasteiger partial charge < -0.3 is 18.6 Å². The second-order valence-corrected chi connectivity index (χ2v) is 8.48. The zero-order chi connectivity index (χ0) is 20.4. The van der Waals surface area contributed by atoms with E-state index in [0.717, 1.165) is 5.56 Å². The molecule has 7 nitrogen and oxygen atoms in total. The van der Waals surface area contributed by atoms with Gasteiger partial charge in [0.1, 0.15) is 12.4 Å². The number of esters is 2. The Balaban J connectivity index is 1.66. The second-order valence-electron chi connectivity index (χ2n) is 8.48. The molecule has 6 unspecified atom stereocenters. The average Bonchev–Trinajstić information content (AvgIpc) is 3.39. The van der Waals surface area contributed by atoms with Crippen LogP contribution < -0.4 is 0 Å². The van der Waals surface area contributed by atoms with E-state index in [-0.39, 0.29) is 36.8 Å². The van der Waals surface area contributed by atoms with Gasteiger partial charge in [-0.1, -0.05) is 25.2 Å². The number of carbonyl (C=O) groups is 3. The van der Waals surface area contributed by atoms with Crippen LogP contribution in [0, 0.1) is 22.7 Å². The minimum Gasteiger partial charge on any atom is -0.472 e. The first-order valence-corrected chi connectivity index (χ1v) is 9.82. The molecule has 6 atom stereocenters. The van der Waals surface area contributed by atoms with Crippen LogP contribution in [0.2, 0.25) is 0 Å². The number of allylic oxidation sites excluding steroid dienone is 3. The fourth-order valence-electron chi connectivity index (χ4n) is 5.81. The third-order valence-electron chi connectivity index (χ3n) is 7.19. The highest BCUT2D eigenvalue weighted by molar-refractivity contribution is 5.96. The Morgan fingerprint density at radius 1 is 1.31 bits per heavy atom. The average molecular weight is 398 g/mol. The highest BCUT2D eigenvalue weighted by Gasteiger charge is 2.70. The number of Topliss-reactive ketones (excluding diaryl/α,β-unsaturated/α-hetero) is 1. The highest BCUT2D eigenvalue weighted by atomic mass is 16.7. The van der Waals surface area contributed by atoms with Gasteiger partial charge in [-0.3, -0.25) is 9.59 Å². The van der Waals surface area contributed by atoms with Crippen molar-refractivity contribution >= 4 is 17.7 Å². The van der Waals surface area contributed by atoms with Crippen LogP contribution in [-0.2, 0) is 28.6 Å². The molecule has 3 heterocycles. The van der Waals surface area contributed by atoms with Gasteiger partial charge in [0.2, 0.25) is 6.29 Å². The summed E-state index contributed by atoms with van der Waals surface area (Å²) in [5, 5.41) is 0. The molecule has 7 heteroatoms. The van der Waals surface area contributed by atoms with E-state index in [1.807, 2.05) is 25.1 Å². The Labute approximate surface area is 167 Å². The van der Waals surface area contributed by atoms with Crippen molar-refractivity contribution < 1.29 is 33.0 Å². The number of hydrogen-bond donors (Lipinski definition) is 0. The molecule has 1 aromatic rings. The van der Waals surface area contributed by atoms with Gasteiger partial charge in [0.25, 0.3) is 0 Å². The number of ether oxygens (including phenoxy) is 3. The van der Waals surface area contributed by atoms with Crippen LogP contribution in [-0.4, -0.2) is 30.6 Å². The molecule has 1 aromatic heterocycles. The van der Waals surface area contributed by atoms with Gasteiger partial charge in [-0.2, -0.15) is 0 Å². The molecule has 152 valence electrons. The SMILES string of the molecule is CC(=O)OC1OC(c2ccoc2)CC12C(C)C(=O)CC13COC(=O)C1=CC=CC32. The van der Waals surface area contributed by atoms with Crippen LogP contribution in [0.5, 0.6) is 0 Å². The van der Waals surface area contributed by atoms with Gasteiger partial charge in [0.05, 0.1) is 29.5 Å². The third-order valence-corrected chi connectivity index (χ3v) is 7.19. The molecule has 2 spiro atoms. The maximum atomic E-state index is 13.2. The van der Waals surface area contributed by atoms with Gasteiger partial charge >= 0.3 is 11.9 Å². The summed E-state index contributed by atoms with van der Waals surface area (Å²) in [5.74, 6) is -1.49. The monoisotopic (exact) mass is 398 g/mol. The first-order chi connectivity index (χ1) is 13.9. The van der Waals surface area contributed by atoms with Gasteiger partial charge in [-0.15, -0.1) is 0 Å². The summed E-state index contributed by atoms with van der Waals surface area (Å²) in [6, 6.07) is 1.81. The van der Waals surface area contributed by atoms with E-state index in [0.29, 0.717) is 12.0 Å². The molecule has 1 saturated carbocycles. The number of cyclic esters (lactones) is 1. The minimum atomic E-state index is -0.916. The molecular weight excluding hydrogens is 376 g/mol. The van der Waals surface area contributed by atoms with Crippen LogP contribution in [0.25, 0.3) is 0 Å². The number of rotatable bonds is 2. The highest BCUT2D eigenvalue weighted by Crippen LogP contribution is 2.66. The lowest BCUT2D eigenvalue weighted by atomic mass is 9.47. The summed E-state index contributed by atoms with van der Waals surface area (Å²) < 4.78 is 22.5. The molecule has 0 amide bonds. The van der Waals surface area contributed by atoms with E-state index in [2.05, 4.69) is 0 Å². The van der Waals surface area contributed by atoms with Crippen molar-refractivity contribution in [3.8, 4) is 0 Å². The van der Waals surface area contributed by atoms with Crippen molar-refractivity contribution in [2.24, 2.45) is 22.7 Å². The fourth-order valence-corrected chi connectivity index (χ4v) is 5.81. The summed E-state index contributed by atoms with van der Waals surface area (Å²) in [6.07, 6.45) is 8.16. The molecule has 2 saturated heterocycles. The van der Waals surface area contributed by atoms with Crippen molar-refractivity contribution in [3.63, 3.8) is 0 Å². The lowest BCUT2D eigenvalue weighted by Gasteiger charge is -2.54. The van der Waals surface area contributed by atoms with Gasteiger partial charge in [-0.05, 0) is 12.5 Å². The molecular formula is C22H22O7. The molecule has 4 aliphatic rings. The number of fused-ring (bicyclic) bond motifs is 1. The summed E-state index contributed by atoms with van der Waals surface area (Å²) >= 11 is 0. The smallest absolute Gasteiger partial charge is 0.334 e. The van der Waals surface area contributed by atoms with Crippen LogP contribution in [0.3, 0.4) is 0 Å². The number of furan rings is 1. The maximum absolute atomic E-state index is 13.2. The zero-order valence-electron chi connectivity index (χ0n) is 16.3. The van der Waals surface area contributed by atoms with E-state index in [1.165, 1.54) is 6.92 Å². The molecule has 2 aliphatic carbocycles. The van der Waals surface area contributed by atoms with E-state index < -0.39 is 29.0 Å². The van der Waals surface area contributed by atoms with E-state index in [4.69, 9.17) is 18.6 Å². The Hall–Kier alpha value is -2.67. The molecule has 0 N–H and O–H groups in total. The minimum absolute atomic E-state index is 0.0225. The molecule has 2 aliphatic heterocycles. The Morgan fingerprint density at radius 2 is 2.14 bits per heavy atom. The Kier molecular flexibility index (Phi) is 3.90. The Bertz CT molecular complexity index is 942. The van der Waals surface area contributed by atoms with Crippen molar-refractivity contribution in [1.29, 1.82) is 0 Å². The lowest BCUT2D eigenvalue weighted by Crippen LogP contribution is -2.59. The summed E-state index contributed by atoms with van der Waals surface area (Å²) in [7, 11) is 0. The quantitative estimate of drug-likeness (QED) is 0.707. The molecule has 5 rings (SSSR count). The summed E-state index contributed by atoms with van der Waals surface area (Å²) in [4.78, 5) is 37.6. The molecule has 29 heavy (non-hydrogen) atoms. The van der Waals surface area contributed by atoms with E-state index in [1.54, 1.807) is 18.6 Å². The molecule has 0 bridgehead atoms. The molecule has 3 fully saturated rings. The summed E-state index contributed by atoms with van der Waals surface area (Å²) in [6.45, 7) is 3.35. The first-order valence-electron chi connectivity index (χ1n) is 9.82. The maximum Gasteiger partial charge on any atom is 0.334 e. The molecule has 0 aromatic carbocycles. The van der Waals surface area contributed by atoms with Crippen LogP contribution in [0.1, 0.15) is 38.4 Å². The number of hydrogen-bond acceptors (Lipinski definition) is 7. The van der Waals surface area contributed by atoms with E-state index >= 15 is 0 Å².